The predicted octanol–water partition coefficient (Wildman–Crippen LogP) is 5.12. The summed E-state index contributed by atoms with van der Waals surface area (Å²) < 4.78 is 3.55. The lowest BCUT2D eigenvalue weighted by Crippen LogP contribution is -2.51. The second-order valence-corrected chi connectivity index (χ2v) is 11.7. The highest BCUT2D eigenvalue weighted by Gasteiger charge is 2.41. The van der Waals surface area contributed by atoms with Gasteiger partial charge in [0, 0.05) is 41.1 Å². The predicted molar refractivity (Wildman–Crippen MR) is 147 cm³/mol. The standard InChI is InChI=1S/C29H35N7O/c1-18(2)35-26(37)21-17-30-27(34-25(21)36(35)24-9-6-8-23(33-24)28(3,4)5)32-20-10-11-22-19(16-20)12-15-31-29(22)13-7-14-29/h6,8-11,16-18,31H,7,12-15H2,1-5H3,(H,30,32,34). The maximum absolute atomic E-state index is 13.4. The first-order chi connectivity index (χ1) is 17.7. The Labute approximate surface area is 217 Å². The molecule has 0 bridgehead atoms. The van der Waals surface area contributed by atoms with E-state index < -0.39 is 0 Å². The molecule has 2 N–H and O–H groups in total. The van der Waals surface area contributed by atoms with Gasteiger partial charge in [-0.05, 0) is 74.9 Å². The Hall–Kier alpha value is -3.52. The molecule has 1 aromatic carbocycles. The van der Waals surface area contributed by atoms with E-state index >= 15 is 0 Å². The van der Waals surface area contributed by atoms with Crippen LogP contribution in [0.4, 0.5) is 11.6 Å². The fraction of sp³-hybridized carbons (Fsp3) is 0.448. The van der Waals surface area contributed by atoms with Gasteiger partial charge in [-0.25, -0.2) is 19.3 Å². The van der Waals surface area contributed by atoms with Crippen LogP contribution in [0, 0.1) is 0 Å². The molecule has 1 aliphatic carbocycles. The number of anilines is 2. The zero-order valence-corrected chi connectivity index (χ0v) is 22.3. The topological polar surface area (TPSA) is 89.7 Å². The van der Waals surface area contributed by atoms with Gasteiger partial charge in [-0.1, -0.05) is 32.9 Å². The number of hydrogen-bond acceptors (Lipinski definition) is 6. The highest BCUT2D eigenvalue weighted by molar-refractivity contribution is 5.77. The van der Waals surface area contributed by atoms with Crippen LogP contribution >= 0.6 is 0 Å². The van der Waals surface area contributed by atoms with Crippen molar-refractivity contribution in [2.75, 3.05) is 11.9 Å². The fourth-order valence-corrected chi connectivity index (χ4v) is 5.69. The SMILES string of the molecule is CC(C)n1c(=O)c2cnc(Nc3ccc4c(c3)CCNC43CCC3)nc2n1-c1cccc(C(C)(C)C)n1. The summed E-state index contributed by atoms with van der Waals surface area (Å²) in [4.78, 5) is 27.7. The molecule has 1 saturated carbocycles. The molecule has 4 aromatic rings. The van der Waals surface area contributed by atoms with E-state index in [2.05, 4.69) is 54.6 Å². The summed E-state index contributed by atoms with van der Waals surface area (Å²) in [7, 11) is 0. The maximum Gasteiger partial charge on any atom is 0.278 e. The van der Waals surface area contributed by atoms with Crippen LogP contribution in [0.25, 0.3) is 16.9 Å². The molecule has 8 nitrogen and oxygen atoms in total. The molecule has 0 unspecified atom stereocenters. The lowest BCUT2D eigenvalue weighted by atomic mass is 9.68. The number of aromatic nitrogens is 5. The summed E-state index contributed by atoms with van der Waals surface area (Å²) in [6.07, 6.45) is 6.34. The van der Waals surface area contributed by atoms with Crippen LogP contribution in [0.3, 0.4) is 0 Å². The normalized spacial score (nSPS) is 16.7. The Balaban J connectivity index is 1.43. The Morgan fingerprint density at radius 1 is 1.11 bits per heavy atom. The van der Waals surface area contributed by atoms with Gasteiger partial charge in [0.2, 0.25) is 5.95 Å². The lowest BCUT2D eigenvalue weighted by molar-refractivity contribution is 0.176. The lowest BCUT2D eigenvalue weighted by Gasteiger charge is -2.47. The van der Waals surface area contributed by atoms with Crippen LogP contribution in [0.15, 0.2) is 47.4 Å². The summed E-state index contributed by atoms with van der Waals surface area (Å²) in [6.45, 7) is 11.4. The minimum absolute atomic E-state index is 0.0775. The van der Waals surface area contributed by atoms with Crippen molar-refractivity contribution < 1.29 is 0 Å². The molecule has 37 heavy (non-hydrogen) atoms. The molecule has 192 valence electrons. The summed E-state index contributed by atoms with van der Waals surface area (Å²) in [6, 6.07) is 12.4. The van der Waals surface area contributed by atoms with Crippen molar-refractivity contribution >= 4 is 22.7 Å². The average molecular weight is 498 g/mol. The molecule has 4 heterocycles. The number of fused-ring (bicyclic) bond motifs is 3. The molecule has 2 aliphatic rings. The fourth-order valence-electron chi connectivity index (χ4n) is 5.69. The number of nitrogens with zero attached hydrogens (tertiary/aromatic N) is 5. The summed E-state index contributed by atoms with van der Waals surface area (Å²) >= 11 is 0. The van der Waals surface area contributed by atoms with Crippen molar-refractivity contribution in [3.05, 3.63) is 69.8 Å². The first-order valence-corrected chi connectivity index (χ1v) is 13.3. The Morgan fingerprint density at radius 3 is 2.62 bits per heavy atom. The molecule has 0 saturated heterocycles. The van der Waals surface area contributed by atoms with Crippen molar-refractivity contribution in [2.24, 2.45) is 0 Å². The van der Waals surface area contributed by atoms with Gasteiger partial charge in [0.1, 0.15) is 5.39 Å². The zero-order chi connectivity index (χ0) is 25.9. The van der Waals surface area contributed by atoms with Crippen LogP contribution in [-0.2, 0) is 17.4 Å². The third-order valence-electron chi connectivity index (χ3n) is 7.77. The molecule has 1 fully saturated rings. The van der Waals surface area contributed by atoms with Gasteiger partial charge in [-0.15, -0.1) is 0 Å². The molecular weight excluding hydrogens is 462 g/mol. The van der Waals surface area contributed by atoms with Gasteiger partial charge >= 0.3 is 0 Å². The molecule has 0 amide bonds. The first-order valence-electron chi connectivity index (χ1n) is 13.3. The maximum atomic E-state index is 13.4. The quantitative estimate of drug-likeness (QED) is 0.407. The van der Waals surface area contributed by atoms with Crippen molar-refractivity contribution in [1.82, 2.24) is 29.6 Å². The monoisotopic (exact) mass is 497 g/mol. The highest BCUT2D eigenvalue weighted by Crippen LogP contribution is 2.45. The molecule has 6 rings (SSSR count). The van der Waals surface area contributed by atoms with Gasteiger partial charge in [0.15, 0.2) is 11.5 Å². The minimum Gasteiger partial charge on any atom is -0.324 e. The van der Waals surface area contributed by atoms with Gasteiger partial charge in [-0.3, -0.25) is 4.79 Å². The number of pyridine rings is 1. The molecule has 1 spiro atoms. The largest absolute Gasteiger partial charge is 0.324 e. The second kappa shape index (κ2) is 8.52. The van der Waals surface area contributed by atoms with E-state index in [-0.39, 0.29) is 22.6 Å². The third-order valence-corrected chi connectivity index (χ3v) is 7.77. The van der Waals surface area contributed by atoms with Crippen LogP contribution in [-0.4, -0.2) is 30.9 Å². The molecule has 0 radical (unpaired) electrons. The number of benzene rings is 1. The van der Waals surface area contributed by atoms with Crippen molar-refractivity contribution in [1.29, 1.82) is 0 Å². The summed E-state index contributed by atoms with van der Waals surface area (Å²) in [5, 5.41) is 7.61. The molecule has 0 atom stereocenters. The zero-order valence-electron chi connectivity index (χ0n) is 22.3. The Kier molecular flexibility index (Phi) is 5.49. The average Bonchev–Trinajstić information content (AvgIpc) is 3.14. The Morgan fingerprint density at radius 2 is 1.92 bits per heavy atom. The van der Waals surface area contributed by atoms with Gasteiger partial charge < -0.3 is 10.6 Å². The van der Waals surface area contributed by atoms with Crippen LogP contribution in [0.1, 0.15) is 76.7 Å². The van der Waals surface area contributed by atoms with Gasteiger partial charge in [0.25, 0.3) is 5.56 Å². The van der Waals surface area contributed by atoms with E-state index in [0.717, 1.165) is 24.3 Å². The smallest absolute Gasteiger partial charge is 0.278 e. The minimum atomic E-state index is -0.121. The Bertz CT molecular complexity index is 1550. The number of hydrogen-bond donors (Lipinski definition) is 2. The van der Waals surface area contributed by atoms with Crippen molar-refractivity contribution in [2.45, 2.75) is 77.3 Å². The van der Waals surface area contributed by atoms with E-state index in [1.807, 2.05) is 36.7 Å². The number of rotatable bonds is 4. The van der Waals surface area contributed by atoms with E-state index in [1.54, 1.807) is 10.9 Å². The van der Waals surface area contributed by atoms with E-state index in [4.69, 9.17) is 9.97 Å². The van der Waals surface area contributed by atoms with Crippen LogP contribution in [0.5, 0.6) is 0 Å². The van der Waals surface area contributed by atoms with Crippen LogP contribution < -0.4 is 16.2 Å². The summed E-state index contributed by atoms with van der Waals surface area (Å²) in [5.41, 5.74) is 5.21. The second-order valence-electron chi connectivity index (χ2n) is 11.7. The summed E-state index contributed by atoms with van der Waals surface area (Å²) in [5.74, 6) is 1.13. The molecule has 1 aliphatic heterocycles. The van der Waals surface area contributed by atoms with Crippen LogP contribution in [0.2, 0.25) is 0 Å². The van der Waals surface area contributed by atoms with Crippen molar-refractivity contribution in [3.63, 3.8) is 0 Å². The van der Waals surface area contributed by atoms with E-state index in [0.29, 0.717) is 22.8 Å². The van der Waals surface area contributed by atoms with E-state index in [9.17, 15) is 4.79 Å². The van der Waals surface area contributed by atoms with E-state index in [1.165, 1.54) is 30.4 Å². The van der Waals surface area contributed by atoms with Gasteiger partial charge in [-0.2, -0.15) is 4.98 Å². The molecular formula is C29H35N7O. The van der Waals surface area contributed by atoms with Crippen molar-refractivity contribution in [3.8, 4) is 5.82 Å². The first kappa shape index (κ1) is 23.9. The molecule has 3 aromatic heterocycles. The molecule has 8 heteroatoms. The number of nitrogens with one attached hydrogen (secondary N) is 2. The highest BCUT2D eigenvalue weighted by atomic mass is 16.1. The van der Waals surface area contributed by atoms with Gasteiger partial charge in [0.05, 0.1) is 0 Å². The third kappa shape index (κ3) is 3.94.